The Hall–Kier alpha value is -0.0800. The van der Waals surface area contributed by atoms with Crippen LogP contribution in [0.2, 0.25) is 0 Å². The predicted octanol–water partition coefficient (Wildman–Crippen LogP) is 3.79. The molecule has 0 bridgehead atoms. The van der Waals surface area contributed by atoms with E-state index >= 15 is 0 Å². The van der Waals surface area contributed by atoms with Crippen LogP contribution in [0.1, 0.15) is 72.1 Å². The number of hydrogen-bond donors (Lipinski definition) is 1. The van der Waals surface area contributed by atoms with Crippen molar-refractivity contribution in [2.45, 2.75) is 89.8 Å². The molecule has 3 rings (SSSR count). The summed E-state index contributed by atoms with van der Waals surface area (Å²) < 4.78 is 0. The van der Waals surface area contributed by atoms with E-state index in [1.54, 1.807) is 0 Å². The van der Waals surface area contributed by atoms with Gasteiger partial charge in [0.05, 0.1) is 0 Å². The van der Waals surface area contributed by atoms with Crippen LogP contribution in [0.4, 0.5) is 0 Å². The van der Waals surface area contributed by atoms with Gasteiger partial charge in [0, 0.05) is 24.2 Å². The molecule has 0 spiro atoms. The Morgan fingerprint density at radius 2 is 2.00 bits per heavy atom. The summed E-state index contributed by atoms with van der Waals surface area (Å²) in [5.41, 5.74) is 6.91. The zero-order valence-corrected chi connectivity index (χ0v) is 13.8. The Balaban J connectivity index is 1.46. The molecular weight excluding hydrogens is 244 g/mol. The van der Waals surface area contributed by atoms with Crippen molar-refractivity contribution in [2.24, 2.45) is 23.5 Å². The van der Waals surface area contributed by atoms with Crippen LogP contribution < -0.4 is 5.73 Å². The van der Waals surface area contributed by atoms with Gasteiger partial charge >= 0.3 is 0 Å². The first-order valence-electron chi connectivity index (χ1n) is 9.18. The summed E-state index contributed by atoms with van der Waals surface area (Å²) in [5.74, 6) is 2.87. The molecule has 116 valence electrons. The average Bonchev–Trinajstić information content (AvgIpc) is 3.07. The van der Waals surface area contributed by atoms with Crippen LogP contribution in [0.15, 0.2) is 0 Å². The van der Waals surface area contributed by atoms with E-state index < -0.39 is 0 Å². The molecule has 2 heteroatoms. The summed E-state index contributed by atoms with van der Waals surface area (Å²) in [6.45, 7) is 8.22. The second-order valence-corrected chi connectivity index (χ2v) is 7.91. The Kier molecular flexibility index (Phi) is 4.16. The molecule has 2 nitrogen and oxygen atoms in total. The maximum Gasteiger partial charge on any atom is 0.0291 e. The fraction of sp³-hybridized carbons (Fsp3) is 1.00. The van der Waals surface area contributed by atoms with Gasteiger partial charge in [0.1, 0.15) is 0 Å². The van der Waals surface area contributed by atoms with Crippen LogP contribution in [-0.4, -0.2) is 29.1 Å². The molecule has 7 unspecified atom stereocenters. The lowest BCUT2D eigenvalue weighted by molar-refractivity contribution is 0.145. The van der Waals surface area contributed by atoms with E-state index in [1.807, 2.05) is 0 Å². The Labute approximate surface area is 125 Å². The van der Waals surface area contributed by atoms with E-state index in [-0.39, 0.29) is 5.54 Å². The second kappa shape index (κ2) is 5.61. The van der Waals surface area contributed by atoms with E-state index in [9.17, 15) is 0 Å². The van der Waals surface area contributed by atoms with Crippen LogP contribution in [0.3, 0.4) is 0 Å². The highest BCUT2D eigenvalue weighted by molar-refractivity contribution is 5.26. The molecule has 0 aromatic heterocycles. The van der Waals surface area contributed by atoms with Crippen molar-refractivity contribution in [1.82, 2.24) is 4.90 Å². The molecule has 2 heterocycles. The van der Waals surface area contributed by atoms with Gasteiger partial charge in [-0.3, -0.25) is 4.90 Å². The normalized spacial score (nSPS) is 46.5. The van der Waals surface area contributed by atoms with Crippen LogP contribution in [-0.2, 0) is 0 Å². The minimum atomic E-state index is 0.143. The molecular formula is C18H34N2. The third-order valence-corrected chi connectivity index (χ3v) is 6.63. The minimum Gasteiger partial charge on any atom is -0.324 e. The monoisotopic (exact) mass is 278 g/mol. The number of nitrogens with two attached hydrogens (primary N) is 1. The molecule has 0 aromatic rings. The molecule has 2 aliphatic heterocycles. The largest absolute Gasteiger partial charge is 0.324 e. The zero-order valence-electron chi connectivity index (χ0n) is 13.8. The molecule has 0 radical (unpaired) electrons. The molecule has 1 saturated carbocycles. The van der Waals surface area contributed by atoms with Crippen LogP contribution >= 0.6 is 0 Å². The lowest BCUT2D eigenvalue weighted by atomic mass is 9.66. The van der Waals surface area contributed by atoms with Crippen LogP contribution in [0.25, 0.3) is 0 Å². The van der Waals surface area contributed by atoms with Crippen molar-refractivity contribution < 1.29 is 0 Å². The highest BCUT2D eigenvalue weighted by Crippen LogP contribution is 2.61. The standard InChI is InChI=1S/C18H34N2/c1-4-8-13(5-2)9-7-10-18(19)11-15-14(6-3)16-17(15)20(16)12-18/h13-17H,4-12,19H2,1-3H3. The molecule has 20 heavy (non-hydrogen) atoms. The van der Waals surface area contributed by atoms with Gasteiger partial charge in [-0.25, -0.2) is 0 Å². The predicted molar refractivity (Wildman–Crippen MR) is 85.6 cm³/mol. The summed E-state index contributed by atoms with van der Waals surface area (Å²) in [4.78, 5) is 2.73. The van der Waals surface area contributed by atoms with Crippen molar-refractivity contribution in [3.8, 4) is 0 Å². The van der Waals surface area contributed by atoms with Crippen molar-refractivity contribution in [1.29, 1.82) is 0 Å². The Morgan fingerprint density at radius 3 is 2.65 bits per heavy atom. The molecule has 3 fully saturated rings. The van der Waals surface area contributed by atoms with E-state index in [4.69, 9.17) is 5.73 Å². The molecule has 0 aromatic carbocycles. The summed E-state index contributed by atoms with van der Waals surface area (Å²) in [5, 5.41) is 0. The van der Waals surface area contributed by atoms with E-state index in [1.165, 1.54) is 57.9 Å². The van der Waals surface area contributed by atoms with Gasteiger partial charge in [-0.15, -0.1) is 0 Å². The minimum absolute atomic E-state index is 0.143. The summed E-state index contributed by atoms with van der Waals surface area (Å²) in [6, 6.07) is 1.90. The van der Waals surface area contributed by atoms with E-state index in [0.717, 1.165) is 29.8 Å². The highest BCUT2D eigenvalue weighted by atomic mass is 15.4. The smallest absolute Gasteiger partial charge is 0.0291 e. The van der Waals surface area contributed by atoms with Crippen LogP contribution in [0.5, 0.6) is 0 Å². The summed E-state index contributed by atoms with van der Waals surface area (Å²) in [7, 11) is 0. The summed E-state index contributed by atoms with van der Waals surface area (Å²) >= 11 is 0. The molecule has 7 atom stereocenters. The lowest BCUT2D eigenvalue weighted by Gasteiger charge is -2.41. The highest BCUT2D eigenvalue weighted by Gasteiger charge is 2.70. The average molecular weight is 278 g/mol. The Morgan fingerprint density at radius 1 is 1.20 bits per heavy atom. The van der Waals surface area contributed by atoms with Crippen molar-refractivity contribution >= 4 is 0 Å². The summed E-state index contributed by atoms with van der Waals surface area (Å²) in [6.07, 6.45) is 10.8. The zero-order chi connectivity index (χ0) is 14.3. The maximum atomic E-state index is 6.77. The lowest BCUT2D eigenvalue weighted by Crippen LogP contribution is -2.53. The maximum absolute atomic E-state index is 6.77. The van der Waals surface area contributed by atoms with Gasteiger partial charge in [-0.1, -0.05) is 59.3 Å². The fourth-order valence-electron chi connectivity index (χ4n) is 5.49. The first-order valence-corrected chi connectivity index (χ1v) is 9.18. The van der Waals surface area contributed by atoms with E-state index in [2.05, 4.69) is 25.7 Å². The van der Waals surface area contributed by atoms with Gasteiger partial charge in [0.2, 0.25) is 0 Å². The first kappa shape index (κ1) is 14.8. The number of fused-ring (bicyclic) bond motifs is 1. The van der Waals surface area contributed by atoms with Crippen molar-refractivity contribution in [3.63, 3.8) is 0 Å². The van der Waals surface area contributed by atoms with Gasteiger partial charge < -0.3 is 5.73 Å². The second-order valence-electron chi connectivity index (χ2n) is 7.91. The van der Waals surface area contributed by atoms with Crippen molar-refractivity contribution in [2.75, 3.05) is 6.54 Å². The number of hydrogen-bond acceptors (Lipinski definition) is 2. The number of piperidine rings is 1. The van der Waals surface area contributed by atoms with Gasteiger partial charge in [-0.2, -0.15) is 0 Å². The Bertz CT molecular complexity index is 342. The first-order chi connectivity index (χ1) is 9.63. The number of rotatable bonds is 8. The molecule has 3 aliphatic rings. The molecule has 0 amide bonds. The third kappa shape index (κ3) is 2.43. The molecule has 2 N–H and O–H groups in total. The fourth-order valence-corrected chi connectivity index (χ4v) is 5.49. The topological polar surface area (TPSA) is 29.0 Å². The van der Waals surface area contributed by atoms with Crippen LogP contribution in [0, 0.1) is 17.8 Å². The molecule has 1 aliphatic carbocycles. The SMILES string of the molecule is CCCC(CC)CCCC1(N)CC2C(CC)C3C2N3C1. The van der Waals surface area contributed by atoms with Gasteiger partial charge in [0.25, 0.3) is 0 Å². The van der Waals surface area contributed by atoms with E-state index in [0.29, 0.717) is 0 Å². The van der Waals surface area contributed by atoms with Gasteiger partial charge in [0.15, 0.2) is 0 Å². The van der Waals surface area contributed by atoms with Gasteiger partial charge in [-0.05, 0) is 30.6 Å². The quantitative estimate of drug-likeness (QED) is 0.684. The molecule has 2 saturated heterocycles. The van der Waals surface area contributed by atoms with Crippen molar-refractivity contribution in [3.05, 3.63) is 0 Å². The number of nitrogens with zero attached hydrogens (tertiary/aromatic N) is 1. The third-order valence-electron chi connectivity index (χ3n) is 6.63.